The molecule has 1 heterocycles. The number of rotatable bonds is 6. The lowest BCUT2D eigenvalue weighted by atomic mass is 9.99. The summed E-state index contributed by atoms with van der Waals surface area (Å²) in [6, 6.07) is 5.69. The number of nitrogens with zero attached hydrogens (tertiary/aromatic N) is 1. The SMILES string of the molecule is CCC(C)C(N)C(=O)NCc1ccc(Br)cc1N1CCOCC1. The Hall–Kier alpha value is -1.11. The van der Waals surface area contributed by atoms with Crippen molar-refractivity contribution in [2.24, 2.45) is 11.7 Å². The molecule has 0 bridgehead atoms. The Morgan fingerprint density at radius 1 is 1.43 bits per heavy atom. The quantitative estimate of drug-likeness (QED) is 0.790. The number of carbonyl (C=O) groups excluding carboxylic acids is 1. The molecule has 1 aromatic rings. The zero-order valence-corrected chi connectivity index (χ0v) is 15.4. The molecule has 3 N–H and O–H groups in total. The molecule has 1 aliphatic rings. The number of carbonyl (C=O) groups is 1. The molecular formula is C17H26BrN3O2. The molecule has 0 aliphatic carbocycles. The second kappa shape index (κ2) is 8.66. The minimum atomic E-state index is -0.456. The summed E-state index contributed by atoms with van der Waals surface area (Å²) in [5.41, 5.74) is 8.23. The van der Waals surface area contributed by atoms with E-state index >= 15 is 0 Å². The first-order valence-electron chi connectivity index (χ1n) is 8.17. The number of ether oxygens (including phenoxy) is 1. The van der Waals surface area contributed by atoms with E-state index < -0.39 is 6.04 Å². The van der Waals surface area contributed by atoms with Crippen LogP contribution in [0.15, 0.2) is 22.7 Å². The average molecular weight is 384 g/mol. The largest absolute Gasteiger partial charge is 0.378 e. The highest BCUT2D eigenvalue weighted by molar-refractivity contribution is 9.10. The number of nitrogens with one attached hydrogen (secondary N) is 1. The molecule has 23 heavy (non-hydrogen) atoms. The molecule has 1 aliphatic heterocycles. The van der Waals surface area contributed by atoms with Gasteiger partial charge < -0.3 is 20.7 Å². The van der Waals surface area contributed by atoms with E-state index in [-0.39, 0.29) is 11.8 Å². The van der Waals surface area contributed by atoms with E-state index in [9.17, 15) is 4.79 Å². The molecule has 1 amide bonds. The number of morpholine rings is 1. The Morgan fingerprint density at radius 3 is 2.78 bits per heavy atom. The van der Waals surface area contributed by atoms with Crippen LogP contribution in [-0.2, 0) is 16.1 Å². The van der Waals surface area contributed by atoms with Crippen LogP contribution in [0.4, 0.5) is 5.69 Å². The standard InChI is InChI=1S/C17H26BrN3O2/c1-3-12(2)16(19)17(22)20-11-13-4-5-14(18)10-15(13)21-6-8-23-9-7-21/h4-5,10,12,16H,3,6-9,11,19H2,1-2H3,(H,20,22). The lowest BCUT2D eigenvalue weighted by Crippen LogP contribution is -2.44. The van der Waals surface area contributed by atoms with Gasteiger partial charge in [-0.1, -0.05) is 42.3 Å². The Kier molecular flexibility index (Phi) is 6.87. The summed E-state index contributed by atoms with van der Waals surface area (Å²) in [5, 5.41) is 2.98. The lowest BCUT2D eigenvalue weighted by Gasteiger charge is -2.31. The van der Waals surface area contributed by atoms with Crippen LogP contribution in [0.25, 0.3) is 0 Å². The fourth-order valence-electron chi connectivity index (χ4n) is 2.60. The van der Waals surface area contributed by atoms with Crippen molar-refractivity contribution in [3.63, 3.8) is 0 Å². The van der Waals surface area contributed by atoms with Crippen molar-refractivity contribution in [2.45, 2.75) is 32.9 Å². The Morgan fingerprint density at radius 2 is 2.13 bits per heavy atom. The van der Waals surface area contributed by atoms with E-state index in [1.807, 2.05) is 26.0 Å². The molecule has 2 rings (SSSR count). The van der Waals surface area contributed by atoms with Crippen molar-refractivity contribution < 1.29 is 9.53 Å². The monoisotopic (exact) mass is 383 g/mol. The van der Waals surface area contributed by atoms with Gasteiger partial charge in [0.1, 0.15) is 0 Å². The first-order valence-corrected chi connectivity index (χ1v) is 8.96. The highest BCUT2D eigenvalue weighted by Crippen LogP contribution is 2.26. The summed E-state index contributed by atoms with van der Waals surface area (Å²) >= 11 is 3.53. The average Bonchev–Trinajstić information content (AvgIpc) is 2.59. The number of halogens is 1. The summed E-state index contributed by atoms with van der Waals surface area (Å²) in [4.78, 5) is 14.5. The van der Waals surface area contributed by atoms with E-state index in [0.29, 0.717) is 6.54 Å². The van der Waals surface area contributed by atoms with Crippen LogP contribution in [0.3, 0.4) is 0 Å². The Bertz CT molecular complexity index is 533. The first kappa shape index (κ1) is 18.2. The fourth-order valence-corrected chi connectivity index (χ4v) is 2.95. The second-order valence-electron chi connectivity index (χ2n) is 6.00. The molecular weight excluding hydrogens is 358 g/mol. The summed E-state index contributed by atoms with van der Waals surface area (Å²) in [7, 11) is 0. The molecule has 0 radical (unpaired) electrons. The smallest absolute Gasteiger partial charge is 0.237 e. The van der Waals surface area contributed by atoms with Crippen molar-refractivity contribution in [1.82, 2.24) is 5.32 Å². The minimum absolute atomic E-state index is 0.0878. The third-order valence-electron chi connectivity index (χ3n) is 4.41. The maximum absolute atomic E-state index is 12.2. The molecule has 0 spiro atoms. The highest BCUT2D eigenvalue weighted by Gasteiger charge is 2.20. The van der Waals surface area contributed by atoms with Crippen LogP contribution in [0.5, 0.6) is 0 Å². The topological polar surface area (TPSA) is 67.6 Å². The van der Waals surface area contributed by atoms with E-state index in [2.05, 4.69) is 32.2 Å². The van der Waals surface area contributed by atoms with E-state index in [0.717, 1.165) is 48.4 Å². The van der Waals surface area contributed by atoms with Crippen LogP contribution in [0.1, 0.15) is 25.8 Å². The Labute approximate surface area is 146 Å². The van der Waals surface area contributed by atoms with Gasteiger partial charge in [-0.15, -0.1) is 0 Å². The fraction of sp³-hybridized carbons (Fsp3) is 0.588. The van der Waals surface area contributed by atoms with Gasteiger partial charge in [0.15, 0.2) is 0 Å². The van der Waals surface area contributed by atoms with E-state index in [1.165, 1.54) is 0 Å². The number of hydrogen-bond donors (Lipinski definition) is 2. The van der Waals surface area contributed by atoms with Crippen molar-refractivity contribution in [3.05, 3.63) is 28.2 Å². The van der Waals surface area contributed by atoms with Gasteiger partial charge in [0, 0.05) is 29.8 Å². The van der Waals surface area contributed by atoms with Crippen LogP contribution >= 0.6 is 15.9 Å². The number of amides is 1. The molecule has 1 aromatic carbocycles. The van der Waals surface area contributed by atoms with Crippen molar-refractivity contribution in [1.29, 1.82) is 0 Å². The summed E-state index contributed by atoms with van der Waals surface area (Å²) < 4.78 is 6.45. The molecule has 1 saturated heterocycles. The zero-order valence-electron chi connectivity index (χ0n) is 13.8. The molecule has 1 fully saturated rings. The van der Waals surface area contributed by atoms with Crippen molar-refractivity contribution >= 4 is 27.5 Å². The number of hydrogen-bond acceptors (Lipinski definition) is 4. The van der Waals surface area contributed by atoms with Crippen LogP contribution < -0.4 is 16.0 Å². The summed E-state index contributed by atoms with van der Waals surface area (Å²) in [6.45, 7) is 7.73. The molecule has 5 nitrogen and oxygen atoms in total. The normalized spacial score (nSPS) is 17.7. The van der Waals surface area contributed by atoms with E-state index in [4.69, 9.17) is 10.5 Å². The maximum atomic E-state index is 12.2. The summed E-state index contributed by atoms with van der Waals surface area (Å²) in [5.74, 6) is 0.0915. The van der Waals surface area contributed by atoms with Gasteiger partial charge in [-0.2, -0.15) is 0 Å². The van der Waals surface area contributed by atoms with Crippen LogP contribution in [-0.4, -0.2) is 38.3 Å². The van der Waals surface area contributed by atoms with Gasteiger partial charge in [-0.05, 0) is 23.6 Å². The molecule has 2 unspecified atom stereocenters. The van der Waals surface area contributed by atoms with Gasteiger partial charge in [0.25, 0.3) is 0 Å². The molecule has 128 valence electrons. The van der Waals surface area contributed by atoms with Gasteiger partial charge in [-0.3, -0.25) is 4.79 Å². The maximum Gasteiger partial charge on any atom is 0.237 e. The minimum Gasteiger partial charge on any atom is -0.378 e. The number of anilines is 1. The number of benzene rings is 1. The molecule has 0 saturated carbocycles. The van der Waals surface area contributed by atoms with Gasteiger partial charge >= 0.3 is 0 Å². The third kappa shape index (κ3) is 4.93. The van der Waals surface area contributed by atoms with Crippen LogP contribution in [0, 0.1) is 5.92 Å². The van der Waals surface area contributed by atoms with Crippen molar-refractivity contribution in [3.8, 4) is 0 Å². The predicted octanol–water partition coefficient (Wildman–Crippen LogP) is 2.28. The van der Waals surface area contributed by atoms with Crippen LogP contribution in [0.2, 0.25) is 0 Å². The molecule has 6 heteroatoms. The second-order valence-corrected chi connectivity index (χ2v) is 6.92. The summed E-state index contributed by atoms with van der Waals surface area (Å²) in [6.07, 6.45) is 0.895. The van der Waals surface area contributed by atoms with Crippen molar-refractivity contribution in [2.75, 3.05) is 31.2 Å². The molecule has 0 aromatic heterocycles. The first-order chi connectivity index (χ1) is 11.0. The predicted molar refractivity (Wildman–Crippen MR) is 96.5 cm³/mol. The lowest BCUT2D eigenvalue weighted by molar-refractivity contribution is -0.123. The van der Waals surface area contributed by atoms with Gasteiger partial charge in [0.05, 0.1) is 19.3 Å². The highest BCUT2D eigenvalue weighted by atomic mass is 79.9. The van der Waals surface area contributed by atoms with E-state index in [1.54, 1.807) is 0 Å². The number of nitrogens with two attached hydrogens (primary N) is 1. The molecule has 2 atom stereocenters. The third-order valence-corrected chi connectivity index (χ3v) is 4.91. The van der Waals surface area contributed by atoms with Gasteiger partial charge in [-0.25, -0.2) is 0 Å². The van der Waals surface area contributed by atoms with Gasteiger partial charge in [0.2, 0.25) is 5.91 Å². The zero-order chi connectivity index (χ0) is 16.8. The Balaban J connectivity index is 2.06.